The van der Waals surface area contributed by atoms with Gasteiger partial charge in [0.25, 0.3) is 0 Å². The van der Waals surface area contributed by atoms with E-state index < -0.39 is 0 Å². The van der Waals surface area contributed by atoms with Gasteiger partial charge < -0.3 is 10.6 Å². The number of rotatable bonds is 6. The molecular formula is C21H16N8. The maximum atomic E-state index is 7.34. The van der Waals surface area contributed by atoms with Gasteiger partial charge >= 0.3 is 0 Å². The molecule has 0 aliphatic carbocycles. The van der Waals surface area contributed by atoms with Crippen molar-refractivity contribution in [3.63, 3.8) is 0 Å². The molecule has 1 aromatic carbocycles. The SMILES string of the molecule is C#Cc1cccc(Nc2cnc(N=N)c(NCc3ccc4ncccc4c3)n2)n1. The Bertz CT molecular complexity index is 1230. The zero-order valence-corrected chi connectivity index (χ0v) is 15.3. The van der Waals surface area contributed by atoms with Crippen LogP contribution in [0.5, 0.6) is 0 Å². The lowest BCUT2D eigenvalue weighted by Crippen LogP contribution is -2.05. The fourth-order valence-corrected chi connectivity index (χ4v) is 2.78. The Kier molecular flexibility index (Phi) is 5.03. The van der Waals surface area contributed by atoms with E-state index >= 15 is 0 Å². The third-order valence-electron chi connectivity index (χ3n) is 4.14. The molecule has 0 amide bonds. The first-order valence-electron chi connectivity index (χ1n) is 8.78. The molecule has 0 aliphatic rings. The normalized spacial score (nSPS) is 10.3. The van der Waals surface area contributed by atoms with Crippen LogP contribution in [0.2, 0.25) is 0 Å². The number of pyridine rings is 2. The predicted octanol–water partition coefficient (Wildman–Crippen LogP) is 4.42. The Morgan fingerprint density at radius 1 is 1.03 bits per heavy atom. The van der Waals surface area contributed by atoms with Gasteiger partial charge in [0.05, 0.1) is 11.7 Å². The number of hydrogen-bond acceptors (Lipinski definition) is 8. The second-order valence-electron chi connectivity index (χ2n) is 6.10. The maximum Gasteiger partial charge on any atom is 0.216 e. The smallest absolute Gasteiger partial charge is 0.216 e. The van der Waals surface area contributed by atoms with Gasteiger partial charge in [-0.2, -0.15) is 0 Å². The van der Waals surface area contributed by atoms with Crippen LogP contribution in [0, 0.1) is 17.9 Å². The summed E-state index contributed by atoms with van der Waals surface area (Å²) in [5.41, 5.74) is 9.84. The van der Waals surface area contributed by atoms with Crippen molar-refractivity contribution in [1.82, 2.24) is 19.9 Å². The molecule has 0 aliphatic heterocycles. The van der Waals surface area contributed by atoms with Crippen LogP contribution in [-0.2, 0) is 6.54 Å². The van der Waals surface area contributed by atoms with Crippen LogP contribution in [0.15, 0.2) is 66.0 Å². The third-order valence-corrected chi connectivity index (χ3v) is 4.14. The average molecular weight is 380 g/mol. The monoisotopic (exact) mass is 380 g/mol. The molecule has 0 spiro atoms. The summed E-state index contributed by atoms with van der Waals surface area (Å²) in [5.74, 6) is 4.10. The Labute approximate surface area is 167 Å². The minimum atomic E-state index is 0.198. The zero-order chi connectivity index (χ0) is 20.1. The van der Waals surface area contributed by atoms with E-state index in [1.54, 1.807) is 24.4 Å². The first-order valence-corrected chi connectivity index (χ1v) is 8.78. The second-order valence-corrected chi connectivity index (χ2v) is 6.10. The van der Waals surface area contributed by atoms with Crippen LogP contribution < -0.4 is 10.6 Å². The van der Waals surface area contributed by atoms with Crippen molar-refractivity contribution in [2.24, 2.45) is 5.11 Å². The predicted molar refractivity (Wildman–Crippen MR) is 111 cm³/mol. The quantitative estimate of drug-likeness (QED) is 0.337. The fourth-order valence-electron chi connectivity index (χ4n) is 2.78. The summed E-state index contributed by atoms with van der Waals surface area (Å²) < 4.78 is 0. The number of anilines is 3. The summed E-state index contributed by atoms with van der Waals surface area (Å²) in [7, 11) is 0. The highest BCUT2D eigenvalue weighted by Crippen LogP contribution is 2.24. The first kappa shape index (κ1) is 18.0. The molecule has 4 aromatic rings. The van der Waals surface area contributed by atoms with Crippen molar-refractivity contribution in [3.05, 3.63) is 72.2 Å². The molecule has 3 heterocycles. The molecule has 0 atom stereocenters. The number of aromatic nitrogens is 4. The van der Waals surface area contributed by atoms with E-state index in [0.29, 0.717) is 29.7 Å². The fraction of sp³-hybridized carbons (Fsp3) is 0.0476. The molecule has 0 bridgehead atoms. The van der Waals surface area contributed by atoms with Crippen molar-refractivity contribution in [1.29, 1.82) is 5.53 Å². The van der Waals surface area contributed by atoms with Crippen LogP contribution in [0.4, 0.5) is 23.3 Å². The molecule has 29 heavy (non-hydrogen) atoms. The van der Waals surface area contributed by atoms with Gasteiger partial charge in [-0.05, 0) is 35.9 Å². The number of fused-ring (bicyclic) bond motifs is 1. The molecule has 140 valence electrons. The minimum absolute atomic E-state index is 0.198. The molecular weight excluding hydrogens is 364 g/mol. The van der Waals surface area contributed by atoms with Crippen molar-refractivity contribution in [2.45, 2.75) is 6.54 Å². The summed E-state index contributed by atoms with van der Waals surface area (Å²) >= 11 is 0. The average Bonchev–Trinajstić information content (AvgIpc) is 2.78. The van der Waals surface area contributed by atoms with E-state index in [4.69, 9.17) is 12.0 Å². The lowest BCUT2D eigenvalue weighted by atomic mass is 10.1. The Hall–Kier alpha value is -4.38. The standard InChI is InChI=1S/C21H16N8/c1-2-16-6-3-7-18(26-16)27-19-13-25-21(29-22)20(28-19)24-12-14-8-9-17-15(11-14)5-4-10-23-17/h1,3-11,13,22H,12H2,(H2,24,26,27,28). The van der Waals surface area contributed by atoms with E-state index in [1.165, 1.54) is 6.20 Å². The maximum absolute atomic E-state index is 7.34. The van der Waals surface area contributed by atoms with Crippen molar-refractivity contribution < 1.29 is 0 Å². The van der Waals surface area contributed by atoms with E-state index in [1.807, 2.05) is 24.3 Å². The molecule has 0 unspecified atom stereocenters. The second kappa shape index (κ2) is 8.10. The summed E-state index contributed by atoms with van der Waals surface area (Å²) in [6, 6.07) is 15.3. The number of benzene rings is 1. The summed E-state index contributed by atoms with van der Waals surface area (Å²) in [6.45, 7) is 0.496. The summed E-state index contributed by atoms with van der Waals surface area (Å²) in [4.78, 5) is 17.2. The van der Waals surface area contributed by atoms with Crippen LogP contribution in [-0.4, -0.2) is 19.9 Å². The minimum Gasteiger partial charge on any atom is -0.363 e. The summed E-state index contributed by atoms with van der Waals surface area (Å²) in [6.07, 6.45) is 8.65. The molecule has 0 saturated carbocycles. The van der Waals surface area contributed by atoms with E-state index in [-0.39, 0.29) is 5.82 Å². The van der Waals surface area contributed by atoms with Gasteiger partial charge in [0.15, 0.2) is 11.6 Å². The summed E-state index contributed by atoms with van der Waals surface area (Å²) in [5, 5.41) is 10.8. The van der Waals surface area contributed by atoms with Crippen LogP contribution in [0.1, 0.15) is 11.3 Å². The van der Waals surface area contributed by atoms with Crippen molar-refractivity contribution >= 4 is 34.2 Å². The van der Waals surface area contributed by atoms with Crippen LogP contribution in [0.3, 0.4) is 0 Å². The van der Waals surface area contributed by atoms with Crippen molar-refractivity contribution in [2.75, 3.05) is 10.6 Å². The molecule has 4 rings (SSSR count). The highest BCUT2D eigenvalue weighted by atomic mass is 15.2. The van der Waals surface area contributed by atoms with Gasteiger partial charge in [0, 0.05) is 18.1 Å². The molecule has 0 saturated heterocycles. The number of terminal acetylenes is 1. The van der Waals surface area contributed by atoms with Gasteiger partial charge in [-0.15, -0.1) is 11.5 Å². The Morgan fingerprint density at radius 2 is 1.97 bits per heavy atom. The van der Waals surface area contributed by atoms with Gasteiger partial charge in [0.1, 0.15) is 11.5 Å². The highest BCUT2D eigenvalue weighted by molar-refractivity contribution is 5.79. The van der Waals surface area contributed by atoms with Gasteiger partial charge in [0.2, 0.25) is 5.82 Å². The largest absolute Gasteiger partial charge is 0.363 e. The first-order chi connectivity index (χ1) is 14.2. The van der Waals surface area contributed by atoms with E-state index in [2.05, 4.69) is 47.7 Å². The third kappa shape index (κ3) is 4.14. The number of nitrogens with zero attached hydrogens (tertiary/aromatic N) is 5. The van der Waals surface area contributed by atoms with Crippen LogP contribution in [0.25, 0.3) is 10.9 Å². The van der Waals surface area contributed by atoms with E-state index in [0.717, 1.165) is 16.5 Å². The lowest BCUT2D eigenvalue weighted by molar-refractivity contribution is 1.03. The Morgan fingerprint density at radius 3 is 2.83 bits per heavy atom. The van der Waals surface area contributed by atoms with Gasteiger partial charge in [-0.25, -0.2) is 20.5 Å². The zero-order valence-electron chi connectivity index (χ0n) is 15.3. The van der Waals surface area contributed by atoms with Crippen LogP contribution >= 0.6 is 0 Å². The number of hydrogen-bond donors (Lipinski definition) is 3. The molecule has 8 nitrogen and oxygen atoms in total. The van der Waals surface area contributed by atoms with E-state index in [9.17, 15) is 0 Å². The van der Waals surface area contributed by atoms with Crippen molar-refractivity contribution in [3.8, 4) is 12.3 Å². The molecule has 3 aromatic heterocycles. The lowest BCUT2D eigenvalue weighted by Gasteiger charge is -2.11. The highest BCUT2D eigenvalue weighted by Gasteiger charge is 2.08. The topological polar surface area (TPSA) is 112 Å². The van der Waals surface area contributed by atoms with Gasteiger partial charge in [-0.1, -0.05) is 24.1 Å². The Balaban J connectivity index is 1.54. The molecule has 0 fully saturated rings. The number of nitrogens with one attached hydrogen (secondary N) is 3. The molecule has 8 heteroatoms. The molecule has 0 radical (unpaired) electrons. The van der Waals surface area contributed by atoms with Gasteiger partial charge in [-0.3, -0.25) is 4.98 Å². The molecule has 3 N–H and O–H groups in total.